The summed E-state index contributed by atoms with van der Waals surface area (Å²) >= 11 is 0. The first kappa shape index (κ1) is 20.8. The third-order valence-corrected chi connectivity index (χ3v) is 3.34. The van der Waals surface area contributed by atoms with Crippen LogP contribution in [0.1, 0.15) is 42.9 Å². The summed E-state index contributed by atoms with van der Waals surface area (Å²) in [6.07, 6.45) is -2.18. The molecule has 9 heteroatoms. The van der Waals surface area contributed by atoms with Crippen molar-refractivity contribution in [1.82, 2.24) is 0 Å². The Labute approximate surface area is 161 Å². The number of esters is 1. The van der Waals surface area contributed by atoms with E-state index in [-0.39, 0.29) is 11.3 Å². The molecule has 0 aromatic heterocycles. The molecule has 1 atom stereocenters. The van der Waals surface area contributed by atoms with Crippen LogP contribution in [0.4, 0.5) is 10.5 Å². The molecule has 9 nitrogen and oxygen atoms in total. The van der Waals surface area contributed by atoms with Crippen LogP contribution in [0.3, 0.4) is 0 Å². The van der Waals surface area contributed by atoms with Crippen molar-refractivity contribution >= 4 is 17.8 Å². The Morgan fingerprint density at radius 2 is 1.75 bits per heavy atom. The zero-order valence-corrected chi connectivity index (χ0v) is 15.6. The number of rotatable bonds is 5. The second kappa shape index (κ2) is 8.49. The Morgan fingerprint density at radius 1 is 1.11 bits per heavy atom. The average Bonchev–Trinajstić information content (AvgIpc) is 2.60. The molecule has 2 aromatic rings. The molecule has 0 aliphatic heterocycles. The molecule has 0 bridgehead atoms. The molecule has 0 heterocycles. The van der Waals surface area contributed by atoms with Gasteiger partial charge in [-0.05, 0) is 26.8 Å². The van der Waals surface area contributed by atoms with E-state index in [0.29, 0.717) is 5.56 Å². The average molecular weight is 388 g/mol. The van der Waals surface area contributed by atoms with Gasteiger partial charge in [-0.1, -0.05) is 30.3 Å². The van der Waals surface area contributed by atoms with Crippen molar-refractivity contribution in [3.63, 3.8) is 0 Å². The molecule has 0 radical (unpaired) electrons. The predicted octanol–water partition coefficient (Wildman–Crippen LogP) is 3.72. The molecule has 0 saturated carbocycles. The second-order valence-corrected chi connectivity index (χ2v) is 6.74. The van der Waals surface area contributed by atoms with Gasteiger partial charge in [0.25, 0.3) is 5.69 Å². The lowest BCUT2D eigenvalue weighted by molar-refractivity contribution is -0.385. The number of nitro benzene ring substituents is 1. The van der Waals surface area contributed by atoms with Gasteiger partial charge < -0.3 is 14.2 Å². The number of carbonyl (C=O) groups excluding carboxylic acids is 2. The summed E-state index contributed by atoms with van der Waals surface area (Å²) in [5.41, 5.74) is 4.64. The van der Waals surface area contributed by atoms with Crippen molar-refractivity contribution in [3.8, 4) is 5.75 Å². The highest BCUT2D eigenvalue weighted by Gasteiger charge is 2.27. The number of ether oxygens (including phenoxy) is 3. The van der Waals surface area contributed by atoms with Crippen molar-refractivity contribution in [3.05, 3.63) is 69.8 Å². The lowest BCUT2D eigenvalue weighted by atomic mass is 10.1. The number of carbonyl (C=O) groups is 2. The summed E-state index contributed by atoms with van der Waals surface area (Å²) < 4.78 is 15.1. The second-order valence-electron chi connectivity index (χ2n) is 6.74. The van der Waals surface area contributed by atoms with Crippen LogP contribution in [0.25, 0.3) is 0 Å². The lowest BCUT2D eigenvalue weighted by Crippen LogP contribution is -2.24. The van der Waals surface area contributed by atoms with E-state index in [2.05, 4.69) is 0 Å². The van der Waals surface area contributed by atoms with E-state index in [1.807, 2.05) is 0 Å². The van der Waals surface area contributed by atoms with Crippen LogP contribution in [0.5, 0.6) is 5.75 Å². The fourth-order valence-electron chi connectivity index (χ4n) is 2.17. The van der Waals surface area contributed by atoms with E-state index in [4.69, 9.17) is 19.9 Å². The van der Waals surface area contributed by atoms with Crippen LogP contribution in [0.2, 0.25) is 0 Å². The maximum Gasteiger partial charge on any atom is 0.515 e. The molecule has 2 rings (SSSR count). The highest BCUT2D eigenvalue weighted by molar-refractivity contribution is 5.94. The SMILES string of the molecule is CC(C)(C)OC(=O)c1cc(OC(=O)OC(N)c2ccccc2)ccc1[N+](=O)[O-]. The van der Waals surface area contributed by atoms with Crippen molar-refractivity contribution in [2.45, 2.75) is 32.6 Å². The molecule has 0 spiro atoms. The Hall–Kier alpha value is -3.46. The zero-order chi connectivity index (χ0) is 20.9. The first-order chi connectivity index (χ1) is 13.1. The fourth-order valence-corrected chi connectivity index (χ4v) is 2.17. The summed E-state index contributed by atoms with van der Waals surface area (Å²) in [7, 11) is 0. The molecule has 28 heavy (non-hydrogen) atoms. The van der Waals surface area contributed by atoms with Crippen LogP contribution in [-0.4, -0.2) is 22.6 Å². The van der Waals surface area contributed by atoms with Crippen LogP contribution in [0, 0.1) is 10.1 Å². The van der Waals surface area contributed by atoms with Gasteiger partial charge in [0.2, 0.25) is 0 Å². The summed E-state index contributed by atoms with van der Waals surface area (Å²) in [5, 5.41) is 11.2. The summed E-state index contributed by atoms with van der Waals surface area (Å²) in [4.78, 5) is 34.7. The van der Waals surface area contributed by atoms with Crippen LogP contribution >= 0.6 is 0 Å². The maximum absolute atomic E-state index is 12.3. The summed E-state index contributed by atoms with van der Waals surface area (Å²) in [6.45, 7) is 4.87. The lowest BCUT2D eigenvalue weighted by Gasteiger charge is -2.19. The fraction of sp³-hybridized carbons (Fsp3) is 0.263. The van der Waals surface area contributed by atoms with Gasteiger partial charge in [0.1, 0.15) is 16.9 Å². The van der Waals surface area contributed by atoms with Crippen molar-refractivity contribution in [2.75, 3.05) is 0 Å². The minimum Gasteiger partial charge on any atom is -0.456 e. The van der Waals surface area contributed by atoms with Gasteiger partial charge in [-0.15, -0.1) is 0 Å². The normalized spacial score (nSPS) is 12.0. The molecule has 0 saturated heterocycles. The van der Waals surface area contributed by atoms with E-state index in [1.165, 1.54) is 6.07 Å². The Balaban J connectivity index is 2.17. The number of nitrogens with zero attached hydrogens (tertiary/aromatic N) is 1. The van der Waals surface area contributed by atoms with E-state index < -0.39 is 34.6 Å². The van der Waals surface area contributed by atoms with Gasteiger partial charge in [-0.25, -0.2) is 9.59 Å². The number of nitrogens with two attached hydrogens (primary N) is 1. The Morgan fingerprint density at radius 3 is 2.32 bits per heavy atom. The highest BCUT2D eigenvalue weighted by Crippen LogP contribution is 2.27. The van der Waals surface area contributed by atoms with Crippen LogP contribution in [-0.2, 0) is 9.47 Å². The monoisotopic (exact) mass is 388 g/mol. The molecule has 0 aliphatic rings. The Kier molecular flexibility index (Phi) is 6.32. The molecule has 0 amide bonds. The van der Waals surface area contributed by atoms with Gasteiger partial charge in [0.15, 0.2) is 6.23 Å². The molecule has 0 aliphatic carbocycles. The summed E-state index contributed by atoms with van der Waals surface area (Å²) in [6, 6.07) is 11.8. The molecule has 148 valence electrons. The molecular formula is C19H20N2O7. The quantitative estimate of drug-likeness (QED) is 0.269. The minimum absolute atomic E-state index is 0.128. The molecule has 1 unspecified atom stereocenters. The van der Waals surface area contributed by atoms with Gasteiger partial charge in [-0.2, -0.15) is 0 Å². The highest BCUT2D eigenvalue weighted by atomic mass is 16.7. The maximum atomic E-state index is 12.3. The van der Waals surface area contributed by atoms with Gasteiger partial charge in [-0.3, -0.25) is 15.8 Å². The van der Waals surface area contributed by atoms with Crippen molar-refractivity contribution in [1.29, 1.82) is 0 Å². The standard InChI is InChI=1S/C19H20N2O7/c1-19(2,3)28-17(22)14-11-13(9-10-15(14)21(24)25)26-18(23)27-16(20)12-7-5-4-6-8-12/h4-11,16H,20H2,1-3H3. The third-order valence-electron chi connectivity index (χ3n) is 3.34. The minimum atomic E-state index is -1.12. The van der Waals surface area contributed by atoms with Crippen molar-refractivity contribution < 1.29 is 28.7 Å². The predicted molar refractivity (Wildman–Crippen MR) is 98.7 cm³/mol. The van der Waals surface area contributed by atoms with Gasteiger partial charge >= 0.3 is 12.1 Å². The zero-order valence-electron chi connectivity index (χ0n) is 15.6. The van der Waals surface area contributed by atoms with Gasteiger partial charge in [0, 0.05) is 17.7 Å². The molecular weight excluding hydrogens is 368 g/mol. The van der Waals surface area contributed by atoms with Crippen LogP contribution in [0.15, 0.2) is 48.5 Å². The number of benzene rings is 2. The molecule has 2 N–H and O–H groups in total. The van der Waals surface area contributed by atoms with E-state index >= 15 is 0 Å². The van der Waals surface area contributed by atoms with Crippen LogP contribution < -0.4 is 10.5 Å². The topological polar surface area (TPSA) is 131 Å². The number of hydrogen-bond acceptors (Lipinski definition) is 8. The Bertz CT molecular complexity index is 876. The van der Waals surface area contributed by atoms with E-state index in [1.54, 1.807) is 51.1 Å². The summed E-state index contributed by atoms with van der Waals surface area (Å²) in [5.74, 6) is -1.05. The third kappa shape index (κ3) is 5.78. The number of hydrogen-bond donors (Lipinski definition) is 1. The molecule has 2 aromatic carbocycles. The van der Waals surface area contributed by atoms with E-state index in [0.717, 1.165) is 12.1 Å². The molecule has 0 fully saturated rings. The van der Waals surface area contributed by atoms with Gasteiger partial charge in [0.05, 0.1) is 4.92 Å². The first-order valence-corrected chi connectivity index (χ1v) is 8.27. The van der Waals surface area contributed by atoms with Crippen molar-refractivity contribution in [2.24, 2.45) is 5.73 Å². The smallest absolute Gasteiger partial charge is 0.456 e. The largest absolute Gasteiger partial charge is 0.515 e. The number of nitro groups is 1. The van der Waals surface area contributed by atoms with E-state index in [9.17, 15) is 19.7 Å². The first-order valence-electron chi connectivity index (χ1n) is 8.27.